The van der Waals surface area contributed by atoms with Gasteiger partial charge in [0.1, 0.15) is 6.61 Å². The summed E-state index contributed by atoms with van der Waals surface area (Å²) < 4.78 is 9.40. The van der Waals surface area contributed by atoms with Crippen molar-refractivity contribution in [1.82, 2.24) is 0 Å². The van der Waals surface area contributed by atoms with E-state index < -0.39 is 18.5 Å². The minimum atomic E-state index is -2.26. The average molecular weight is 218 g/mol. The van der Waals surface area contributed by atoms with E-state index in [1.807, 2.05) is 6.92 Å². The molecule has 1 atom stereocenters. The molecule has 1 unspecified atom stereocenters. The molecule has 0 aliphatic heterocycles. The summed E-state index contributed by atoms with van der Waals surface area (Å²) in [4.78, 5) is 11.1. The Balaban J connectivity index is 4.17. The molecule has 15 heavy (non-hydrogen) atoms. The van der Waals surface area contributed by atoms with Crippen molar-refractivity contribution in [3.63, 3.8) is 0 Å². The third-order valence-corrected chi connectivity index (χ3v) is 1.63. The van der Waals surface area contributed by atoms with Crippen molar-refractivity contribution in [1.29, 1.82) is 0 Å². The van der Waals surface area contributed by atoms with E-state index in [4.69, 9.17) is 9.84 Å². The summed E-state index contributed by atoms with van der Waals surface area (Å²) in [6.07, 6.45) is 1.57. The number of unbranched alkanes of at least 4 members (excludes halogenated alkanes) is 1. The first-order valence-corrected chi connectivity index (χ1v) is 4.81. The number of carbonyl (C=O) groups excluding carboxylic acids is 1. The molecule has 5 nitrogen and oxygen atoms in total. The van der Waals surface area contributed by atoms with Gasteiger partial charge >= 0.3 is 11.9 Å². The Labute approximate surface area is 89.3 Å². The highest BCUT2D eigenvalue weighted by Gasteiger charge is 2.32. The zero-order chi connectivity index (χ0) is 11.9. The van der Waals surface area contributed by atoms with Gasteiger partial charge in [0.15, 0.2) is 0 Å². The molecule has 0 bridgehead atoms. The van der Waals surface area contributed by atoms with Crippen molar-refractivity contribution in [3.8, 4) is 0 Å². The van der Waals surface area contributed by atoms with Gasteiger partial charge in [0.2, 0.25) is 0 Å². The van der Waals surface area contributed by atoms with Gasteiger partial charge in [0.25, 0.3) is 0 Å². The Kier molecular flexibility index (Phi) is 6.15. The average Bonchev–Trinajstić information content (AvgIpc) is 2.18. The van der Waals surface area contributed by atoms with Crippen LogP contribution in [0.4, 0.5) is 0 Å². The van der Waals surface area contributed by atoms with E-state index in [9.17, 15) is 9.90 Å². The highest BCUT2D eigenvalue weighted by atomic mass is 16.8. The van der Waals surface area contributed by atoms with E-state index >= 15 is 0 Å². The quantitative estimate of drug-likeness (QED) is 0.282. The summed E-state index contributed by atoms with van der Waals surface area (Å²) in [6, 6.07) is 0. The summed E-state index contributed by atoms with van der Waals surface area (Å²) in [5.74, 6) is -3.06. The molecule has 0 radical (unpaired) electrons. The first-order chi connectivity index (χ1) is 6.95. The van der Waals surface area contributed by atoms with E-state index in [2.05, 4.69) is 11.3 Å². The summed E-state index contributed by atoms with van der Waals surface area (Å²) >= 11 is 0. The van der Waals surface area contributed by atoms with E-state index in [0.717, 1.165) is 6.42 Å². The van der Waals surface area contributed by atoms with Crippen LogP contribution in [-0.4, -0.2) is 35.4 Å². The van der Waals surface area contributed by atoms with Crippen molar-refractivity contribution in [2.75, 3.05) is 13.2 Å². The van der Waals surface area contributed by atoms with Crippen LogP contribution in [0.15, 0.2) is 12.2 Å². The highest BCUT2D eigenvalue weighted by molar-refractivity contribution is 5.87. The van der Waals surface area contributed by atoms with Crippen LogP contribution in [-0.2, 0) is 14.3 Å². The third-order valence-electron chi connectivity index (χ3n) is 1.63. The number of hydrogen-bond donors (Lipinski definition) is 2. The predicted octanol–water partition coefficient (Wildman–Crippen LogP) is 0.561. The maximum absolute atomic E-state index is 11.1. The molecule has 0 spiro atoms. The zero-order valence-corrected chi connectivity index (χ0v) is 9.15. The van der Waals surface area contributed by atoms with Crippen LogP contribution in [0, 0.1) is 0 Å². The molecule has 0 aromatic rings. The van der Waals surface area contributed by atoms with Gasteiger partial charge in [-0.3, -0.25) is 0 Å². The van der Waals surface area contributed by atoms with E-state index in [1.54, 1.807) is 0 Å². The van der Waals surface area contributed by atoms with Crippen LogP contribution in [0.2, 0.25) is 0 Å². The molecular formula is C10H18O5. The van der Waals surface area contributed by atoms with Gasteiger partial charge < -0.3 is 19.7 Å². The van der Waals surface area contributed by atoms with Crippen molar-refractivity contribution >= 4 is 5.97 Å². The van der Waals surface area contributed by atoms with Gasteiger partial charge in [0.05, 0.1) is 6.61 Å². The molecule has 0 heterocycles. The van der Waals surface area contributed by atoms with E-state index in [-0.39, 0.29) is 12.2 Å². The SMILES string of the molecule is C=C(C)C(=O)OC(O)(CO)OCCCC. The first-order valence-electron chi connectivity index (χ1n) is 4.81. The van der Waals surface area contributed by atoms with Crippen LogP contribution in [0.5, 0.6) is 0 Å². The molecule has 0 amide bonds. The Hall–Kier alpha value is -0.910. The Morgan fingerprint density at radius 2 is 2.13 bits per heavy atom. The fourth-order valence-electron chi connectivity index (χ4n) is 0.715. The minimum Gasteiger partial charge on any atom is -0.402 e. The molecule has 0 aliphatic rings. The summed E-state index contributed by atoms with van der Waals surface area (Å²) in [6.45, 7) is 6.13. The maximum Gasteiger partial charge on any atom is 0.351 e. The summed E-state index contributed by atoms with van der Waals surface area (Å²) in [5, 5.41) is 18.3. The number of esters is 1. The lowest BCUT2D eigenvalue weighted by atomic mass is 10.3. The Morgan fingerprint density at radius 3 is 2.53 bits per heavy atom. The fraction of sp³-hybridized carbons (Fsp3) is 0.700. The van der Waals surface area contributed by atoms with Crippen LogP contribution in [0.25, 0.3) is 0 Å². The van der Waals surface area contributed by atoms with Crippen LogP contribution in [0.1, 0.15) is 26.7 Å². The smallest absolute Gasteiger partial charge is 0.351 e. The molecule has 0 aromatic heterocycles. The molecule has 0 aromatic carbocycles. The van der Waals surface area contributed by atoms with Gasteiger partial charge in [-0.2, -0.15) is 0 Å². The molecule has 0 rings (SSSR count). The lowest BCUT2D eigenvalue weighted by molar-refractivity contribution is -0.353. The minimum absolute atomic E-state index is 0.126. The monoisotopic (exact) mass is 218 g/mol. The van der Waals surface area contributed by atoms with Gasteiger partial charge in [-0.15, -0.1) is 0 Å². The normalized spacial score (nSPS) is 14.4. The second kappa shape index (κ2) is 6.55. The van der Waals surface area contributed by atoms with Gasteiger partial charge in [-0.05, 0) is 13.3 Å². The topological polar surface area (TPSA) is 76.0 Å². The summed E-state index contributed by atoms with van der Waals surface area (Å²) in [5.41, 5.74) is 0.126. The van der Waals surface area contributed by atoms with Gasteiger partial charge in [0, 0.05) is 5.57 Å². The van der Waals surface area contributed by atoms with Crippen LogP contribution < -0.4 is 0 Å². The van der Waals surface area contributed by atoms with Crippen molar-refractivity contribution in [2.45, 2.75) is 32.7 Å². The molecule has 0 aliphatic carbocycles. The number of aliphatic hydroxyl groups is 2. The predicted molar refractivity (Wildman–Crippen MR) is 53.8 cm³/mol. The van der Waals surface area contributed by atoms with Crippen molar-refractivity contribution in [3.05, 3.63) is 12.2 Å². The highest BCUT2D eigenvalue weighted by Crippen LogP contribution is 2.11. The Morgan fingerprint density at radius 1 is 1.53 bits per heavy atom. The number of hydrogen-bond acceptors (Lipinski definition) is 5. The van der Waals surface area contributed by atoms with Crippen molar-refractivity contribution < 1.29 is 24.5 Å². The fourth-order valence-corrected chi connectivity index (χ4v) is 0.715. The second-order valence-corrected chi connectivity index (χ2v) is 3.24. The molecule has 0 saturated heterocycles. The molecule has 5 heteroatoms. The van der Waals surface area contributed by atoms with E-state index in [1.165, 1.54) is 6.92 Å². The first kappa shape index (κ1) is 14.1. The lowest BCUT2D eigenvalue weighted by Crippen LogP contribution is -2.42. The zero-order valence-electron chi connectivity index (χ0n) is 9.15. The second-order valence-electron chi connectivity index (χ2n) is 3.24. The molecular weight excluding hydrogens is 200 g/mol. The number of rotatable bonds is 7. The molecule has 0 saturated carbocycles. The maximum atomic E-state index is 11.1. The van der Waals surface area contributed by atoms with Gasteiger partial charge in [-0.1, -0.05) is 19.9 Å². The van der Waals surface area contributed by atoms with Crippen LogP contribution in [0.3, 0.4) is 0 Å². The number of ether oxygens (including phenoxy) is 2. The standard InChI is InChI=1S/C10H18O5/c1-4-5-6-14-10(13,7-11)15-9(12)8(2)3/h11,13H,2,4-7H2,1,3H3. The lowest BCUT2D eigenvalue weighted by Gasteiger charge is -2.25. The Bertz CT molecular complexity index is 226. The summed E-state index contributed by atoms with van der Waals surface area (Å²) in [7, 11) is 0. The van der Waals surface area contributed by atoms with Crippen molar-refractivity contribution in [2.24, 2.45) is 0 Å². The van der Waals surface area contributed by atoms with Gasteiger partial charge in [-0.25, -0.2) is 4.79 Å². The van der Waals surface area contributed by atoms with E-state index in [0.29, 0.717) is 6.42 Å². The molecule has 0 fully saturated rings. The molecule has 2 N–H and O–H groups in total. The number of aliphatic hydroxyl groups excluding tert-OH is 1. The third kappa shape index (κ3) is 5.51. The largest absolute Gasteiger partial charge is 0.402 e. The number of carbonyl (C=O) groups is 1. The van der Waals surface area contributed by atoms with Crippen LogP contribution >= 0.6 is 0 Å². The molecule has 88 valence electrons.